The Balaban J connectivity index is 1.56. The molecule has 0 aromatic heterocycles. The van der Waals surface area contributed by atoms with Crippen molar-refractivity contribution < 1.29 is 14.4 Å². The molecule has 6 nitrogen and oxygen atoms in total. The van der Waals surface area contributed by atoms with Crippen LogP contribution in [-0.2, 0) is 9.59 Å². The van der Waals surface area contributed by atoms with Crippen molar-refractivity contribution in [2.24, 2.45) is 0 Å². The monoisotopic (exact) mass is 519 g/mol. The second-order valence-corrected chi connectivity index (χ2v) is 8.42. The van der Waals surface area contributed by atoms with Gasteiger partial charge in [-0.25, -0.2) is 4.90 Å². The van der Waals surface area contributed by atoms with Crippen LogP contribution in [0.4, 0.5) is 17.1 Å². The van der Waals surface area contributed by atoms with Gasteiger partial charge in [-0.2, -0.15) is 0 Å². The molecular weight excluding hydrogens is 508 g/mol. The number of para-hydroxylation sites is 1. The summed E-state index contributed by atoms with van der Waals surface area (Å²) in [5.41, 5.74) is 1.08. The maximum Gasteiger partial charge on any atom is 0.283 e. The van der Waals surface area contributed by atoms with Crippen LogP contribution in [0.2, 0.25) is 15.1 Å². The fourth-order valence-electron chi connectivity index (χ4n) is 3.14. The van der Waals surface area contributed by atoms with Gasteiger partial charge in [0.05, 0.1) is 26.4 Å². The molecule has 10 heteroatoms. The lowest BCUT2D eigenvalue weighted by Crippen LogP contribution is -2.32. The summed E-state index contributed by atoms with van der Waals surface area (Å²) in [6.07, 6.45) is 0. The van der Waals surface area contributed by atoms with Gasteiger partial charge in [-0.15, -0.1) is 0 Å². The molecule has 4 rings (SSSR count). The van der Waals surface area contributed by atoms with E-state index in [1.165, 1.54) is 12.1 Å². The maximum absolute atomic E-state index is 12.9. The van der Waals surface area contributed by atoms with Gasteiger partial charge in [0.15, 0.2) is 0 Å². The number of carbonyl (C=O) groups excluding carboxylic acids is 3. The van der Waals surface area contributed by atoms with E-state index in [4.69, 9.17) is 46.4 Å². The number of nitrogens with one attached hydrogen (secondary N) is 2. The van der Waals surface area contributed by atoms with E-state index in [1.807, 2.05) is 0 Å². The highest BCUT2D eigenvalue weighted by Gasteiger charge is 2.39. The summed E-state index contributed by atoms with van der Waals surface area (Å²) in [7, 11) is 0. The normalized spacial score (nSPS) is 13.5. The Bertz CT molecular complexity index is 1340. The van der Waals surface area contributed by atoms with E-state index < -0.39 is 17.7 Å². The number of carbonyl (C=O) groups is 3. The van der Waals surface area contributed by atoms with Crippen LogP contribution in [0.1, 0.15) is 10.4 Å². The standard InChI is InChI=1S/C23H13Cl4N3O3/c24-14-7-1-2-10-17(14)30-22(32)19(27)20(23(30)33)28-13-6-3-5-12(11-13)21(31)29-16-9-4-8-15(25)18(16)26/h1-11,28H,(H,29,31). The average Bonchev–Trinajstić information content (AvgIpc) is 3.00. The number of hydrogen-bond donors (Lipinski definition) is 2. The summed E-state index contributed by atoms with van der Waals surface area (Å²) in [5, 5.41) is 5.97. The van der Waals surface area contributed by atoms with Gasteiger partial charge in [0.2, 0.25) is 0 Å². The molecule has 0 unspecified atom stereocenters. The highest BCUT2D eigenvalue weighted by Crippen LogP contribution is 2.34. The number of imide groups is 1. The lowest BCUT2D eigenvalue weighted by Gasteiger charge is -2.16. The van der Waals surface area contributed by atoms with Gasteiger partial charge >= 0.3 is 0 Å². The van der Waals surface area contributed by atoms with Gasteiger partial charge in [0, 0.05) is 11.3 Å². The zero-order chi connectivity index (χ0) is 23.7. The molecule has 1 aliphatic heterocycles. The maximum atomic E-state index is 12.9. The first-order valence-electron chi connectivity index (χ1n) is 9.43. The van der Waals surface area contributed by atoms with Crippen LogP contribution in [0.25, 0.3) is 0 Å². The minimum absolute atomic E-state index is 0.128. The molecule has 3 aromatic rings. The molecule has 166 valence electrons. The number of rotatable bonds is 5. The van der Waals surface area contributed by atoms with Crippen molar-refractivity contribution >= 4 is 81.2 Å². The second-order valence-electron chi connectivity index (χ2n) is 6.85. The van der Waals surface area contributed by atoms with Gasteiger partial charge in [-0.05, 0) is 42.5 Å². The first-order valence-corrected chi connectivity index (χ1v) is 10.9. The summed E-state index contributed by atoms with van der Waals surface area (Å²) in [6, 6.07) is 17.6. The first-order chi connectivity index (χ1) is 15.8. The Morgan fingerprint density at radius 1 is 0.788 bits per heavy atom. The van der Waals surface area contributed by atoms with Crippen molar-refractivity contribution in [3.8, 4) is 0 Å². The SMILES string of the molecule is O=C(Nc1cccc(Cl)c1Cl)c1cccc(NC2=C(Cl)C(=O)N(c3ccccc3Cl)C2=O)c1. The Labute approximate surface area is 208 Å². The highest BCUT2D eigenvalue weighted by atomic mass is 35.5. The molecular formula is C23H13Cl4N3O3. The molecule has 3 amide bonds. The Kier molecular flexibility index (Phi) is 6.63. The van der Waals surface area contributed by atoms with E-state index in [-0.39, 0.29) is 32.0 Å². The zero-order valence-corrected chi connectivity index (χ0v) is 19.6. The zero-order valence-electron chi connectivity index (χ0n) is 16.5. The van der Waals surface area contributed by atoms with Crippen molar-refractivity contribution in [2.45, 2.75) is 0 Å². The molecule has 1 heterocycles. The number of hydrogen-bond acceptors (Lipinski definition) is 4. The number of anilines is 3. The van der Waals surface area contributed by atoms with E-state index in [9.17, 15) is 14.4 Å². The minimum atomic E-state index is -0.707. The van der Waals surface area contributed by atoms with Crippen LogP contribution in [0.5, 0.6) is 0 Å². The number of nitrogens with zero attached hydrogens (tertiary/aromatic N) is 1. The first kappa shape index (κ1) is 23.1. The third kappa shape index (κ3) is 4.56. The lowest BCUT2D eigenvalue weighted by atomic mass is 10.1. The van der Waals surface area contributed by atoms with E-state index in [0.717, 1.165) is 4.90 Å². The minimum Gasteiger partial charge on any atom is -0.350 e. The fourth-order valence-corrected chi connectivity index (χ4v) is 3.92. The molecule has 0 aliphatic carbocycles. The number of amides is 3. The van der Waals surface area contributed by atoms with Crippen LogP contribution in [-0.4, -0.2) is 17.7 Å². The predicted molar refractivity (Wildman–Crippen MR) is 131 cm³/mol. The summed E-state index contributed by atoms with van der Waals surface area (Å²) < 4.78 is 0. The van der Waals surface area contributed by atoms with Crippen LogP contribution in [0.3, 0.4) is 0 Å². The molecule has 0 fully saturated rings. The smallest absolute Gasteiger partial charge is 0.283 e. The van der Waals surface area contributed by atoms with Gasteiger partial charge in [-0.3, -0.25) is 14.4 Å². The average molecular weight is 521 g/mol. The summed E-state index contributed by atoms with van der Waals surface area (Å²) >= 11 is 24.4. The van der Waals surface area contributed by atoms with Crippen molar-refractivity contribution in [1.82, 2.24) is 0 Å². The van der Waals surface area contributed by atoms with E-state index in [0.29, 0.717) is 16.4 Å². The van der Waals surface area contributed by atoms with Gasteiger partial charge in [0.25, 0.3) is 17.7 Å². The van der Waals surface area contributed by atoms with Crippen molar-refractivity contribution in [2.75, 3.05) is 15.5 Å². The molecule has 0 bridgehead atoms. The highest BCUT2D eigenvalue weighted by molar-refractivity contribution is 6.53. The quantitative estimate of drug-likeness (QED) is 0.385. The van der Waals surface area contributed by atoms with Crippen molar-refractivity contribution in [3.63, 3.8) is 0 Å². The van der Waals surface area contributed by atoms with Crippen LogP contribution in [0, 0.1) is 0 Å². The fraction of sp³-hybridized carbons (Fsp3) is 0. The topological polar surface area (TPSA) is 78.5 Å². The Morgan fingerprint density at radius 2 is 1.48 bits per heavy atom. The molecule has 0 spiro atoms. The third-order valence-electron chi connectivity index (χ3n) is 4.71. The van der Waals surface area contributed by atoms with Gasteiger partial charge in [0.1, 0.15) is 10.7 Å². The molecule has 2 N–H and O–H groups in total. The molecule has 1 aliphatic rings. The lowest BCUT2D eigenvalue weighted by molar-refractivity contribution is -0.120. The molecule has 0 atom stereocenters. The number of halogens is 4. The van der Waals surface area contributed by atoms with Crippen molar-refractivity contribution in [3.05, 3.63) is 98.1 Å². The van der Waals surface area contributed by atoms with Crippen molar-refractivity contribution in [1.29, 1.82) is 0 Å². The van der Waals surface area contributed by atoms with Crippen LogP contribution >= 0.6 is 46.4 Å². The Morgan fingerprint density at radius 3 is 2.24 bits per heavy atom. The molecule has 0 saturated heterocycles. The number of benzene rings is 3. The molecule has 33 heavy (non-hydrogen) atoms. The Hall–Kier alpha value is -3.03. The van der Waals surface area contributed by atoms with E-state index in [1.54, 1.807) is 54.6 Å². The van der Waals surface area contributed by atoms with Crippen LogP contribution < -0.4 is 15.5 Å². The summed E-state index contributed by atoms with van der Waals surface area (Å²) in [4.78, 5) is 39.2. The molecule has 0 radical (unpaired) electrons. The summed E-state index contributed by atoms with van der Waals surface area (Å²) in [5.74, 6) is -1.82. The molecule has 3 aromatic carbocycles. The van der Waals surface area contributed by atoms with Crippen LogP contribution in [0.15, 0.2) is 77.5 Å². The molecule has 0 saturated carbocycles. The van der Waals surface area contributed by atoms with Gasteiger partial charge in [-0.1, -0.05) is 70.7 Å². The largest absolute Gasteiger partial charge is 0.350 e. The predicted octanol–water partition coefficient (Wildman–Crippen LogP) is 6.33. The van der Waals surface area contributed by atoms with E-state index in [2.05, 4.69) is 10.6 Å². The van der Waals surface area contributed by atoms with Gasteiger partial charge < -0.3 is 10.6 Å². The summed E-state index contributed by atoms with van der Waals surface area (Å²) in [6.45, 7) is 0. The second kappa shape index (κ2) is 9.45. The van der Waals surface area contributed by atoms with E-state index >= 15 is 0 Å². The third-order valence-corrected chi connectivity index (χ3v) is 6.20.